The number of esters is 1. The van der Waals surface area contributed by atoms with Crippen molar-refractivity contribution >= 4 is 5.97 Å². The molecule has 1 aliphatic rings. The Bertz CT molecular complexity index is 929. The second kappa shape index (κ2) is 9.37. The summed E-state index contributed by atoms with van der Waals surface area (Å²) in [5, 5.41) is 68.2. The van der Waals surface area contributed by atoms with Gasteiger partial charge in [-0.1, -0.05) is 6.07 Å². The number of phenolic OH excluding ortho intramolecular Hbond substituents is 3. The van der Waals surface area contributed by atoms with Crippen LogP contribution in [0.3, 0.4) is 0 Å². The van der Waals surface area contributed by atoms with E-state index in [0.717, 1.165) is 0 Å². The third kappa shape index (κ3) is 4.81. The maximum Gasteiger partial charge on any atom is 0.342 e. The lowest BCUT2D eigenvalue weighted by molar-refractivity contribution is -0.277. The van der Waals surface area contributed by atoms with Crippen LogP contribution >= 0.6 is 0 Å². The summed E-state index contributed by atoms with van der Waals surface area (Å²) in [6.07, 6.45) is -7.54. The number of aliphatic hydroxyl groups excluding tert-OH is 4. The standard InChI is InChI=1S/C20H22O11/c21-7-14-16(25)17(26)18(27)20(31-14)30-13-5-4-10(22)6-9(13)8-29-19(28)11-2-1-3-12(23)15(11)24/h1-6,14,16-18,20-27H,7-8H2/t14-,16+,17+,18+,20-/m0/s1. The van der Waals surface area contributed by atoms with Crippen molar-refractivity contribution in [2.24, 2.45) is 0 Å². The van der Waals surface area contributed by atoms with Crippen molar-refractivity contribution in [2.75, 3.05) is 6.61 Å². The molecule has 3 rings (SSSR count). The van der Waals surface area contributed by atoms with Gasteiger partial charge >= 0.3 is 5.97 Å². The molecule has 0 saturated carbocycles. The van der Waals surface area contributed by atoms with Gasteiger partial charge in [0, 0.05) is 5.56 Å². The highest BCUT2D eigenvalue weighted by Gasteiger charge is 2.44. The molecule has 0 aromatic heterocycles. The molecule has 168 valence electrons. The van der Waals surface area contributed by atoms with Crippen molar-refractivity contribution in [3.05, 3.63) is 47.5 Å². The molecule has 11 heteroatoms. The predicted octanol–water partition coefficient (Wildman–Crippen LogP) is -0.661. The maximum atomic E-state index is 12.2. The van der Waals surface area contributed by atoms with Crippen LogP contribution in [-0.4, -0.2) is 79.0 Å². The van der Waals surface area contributed by atoms with Crippen LogP contribution in [0.5, 0.6) is 23.0 Å². The van der Waals surface area contributed by atoms with Crippen molar-refractivity contribution in [1.29, 1.82) is 0 Å². The molecule has 1 saturated heterocycles. The Labute approximate surface area is 175 Å². The number of ether oxygens (including phenoxy) is 3. The minimum Gasteiger partial charge on any atom is -0.508 e. The van der Waals surface area contributed by atoms with E-state index in [4.69, 9.17) is 14.2 Å². The van der Waals surface area contributed by atoms with Crippen molar-refractivity contribution in [3.63, 3.8) is 0 Å². The summed E-state index contributed by atoms with van der Waals surface area (Å²) in [5.41, 5.74) is -0.137. The van der Waals surface area contributed by atoms with Gasteiger partial charge in [0.05, 0.1) is 6.61 Å². The SMILES string of the molecule is O=C(OCc1cc(O)ccc1O[C@H]1O[C@@H](CO)[C@@H](O)[C@@H](O)[C@H]1O)c1cccc(O)c1O. The molecule has 0 spiro atoms. The number of para-hydroxylation sites is 1. The van der Waals surface area contributed by atoms with Gasteiger partial charge in [0.25, 0.3) is 0 Å². The second-order valence-corrected chi connectivity index (χ2v) is 6.86. The fraction of sp³-hybridized carbons (Fsp3) is 0.350. The first-order valence-electron chi connectivity index (χ1n) is 9.20. The Morgan fingerprint density at radius 2 is 1.74 bits per heavy atom. The number of carbonyl (C=O) groups is 1. The van der Waals surface area contributed by atoms with E-state index in [2.05, 4.69) is 0 Å². The van der Waals surface area contributed by atoms with Crippen LogP contribution in [-0.2, 0) is 16.1 Å². The number of carbonyl (C=O) groups excluding carboxylic acids is 1. The molecule has 0 aliphatic carbocycles. The van der Waals surface area contributed by atoms with Crippen LogP contribution < -0.4 is 4.74 Å². The summed E-state index contributed by atoms with van der Waals surface area (Å²) in [7, 11) is 0. The predicted molar refractivity (Wildman–Crippen MR) is 101 cm³/mol. The molecule has 1 fully saturated rings. The zero-order chi connectivity index (χ0) is 22.7. The summed E-state index contributed by atoms with van der Waals surface area (Å²) in [5.74, 6) is -2.29. The van der Waals surface area contributed by atoms with Crippen LogP contribution in [0.4, 0.5) is 0 Å². The van der Waals surface area contributed by atoms with Gasteiger partial charge in [-0.3, -0.25) is 0 Å². The quantitative estimate of drug-likeness (QED) is 0.224. The fourth-order valence-electron chi connectivity index (χ4n) is 3.00. The lowest BCUT2D eigenvalue weighted by Crippen LogP contribution is -2.60. The molecule has 0 amide bonds. The molecular weight excluding hydrogens is 416 g/mol. The molecule has 11 nitrogen and oxygen atoms in total. The summed E-state index contributed by atoms with van der Waals surface area (Å²) in [6, 6.07) is 7.54. The smallest absolute Gasteiger partial charge is 0.342 e. The van der Waals surface area contributed by atoms with Crippen LogP contribution in [0.1, 0.15) is 15.9 Å². The number of benzene rings is 2. The number of hydrogen-bond donors (Lipinski definition) is 7. The molecule has 0 bridgehead atoms. The van der Waals surface area contributed by atoms with Gasteiger partial charge in [0.1, 0.15) is 48.1 Å². The first-order chi connectivity index (χ1) is 14.7. The number of aliphatic hydroxyl groups is 4. The monoisotopic (exact) mass is 438 g/mol. The van der Waals surface area contributed by atoms with E-state index in [0.29, 0.717) is 0 Å². The zero-order valence-corrected chi connectivity index (χ0v) is 16.0. The third-order valence-corrected chi connectivity index (χ3v) is 4.73. The maximum absolute atomic E-state index is 12.2. The fourth-order valence-corrected chi connectivity index (χ4v) is 3.00. The number of phenols is 3. The van der Waals surface area contributed by atoms with Gasteiger partial charge < -0.3 is 50.0 Å². The van der Waals surface area contributed by atoms with E-state index in [-0.39, 0.29) is 22.6 Å². The Morgan fingerprint density at radius 1 is 1.00 bits per heavy atom. The van der Waals surface area contributed by atoms with Crippen LogP contribution in [0.2, 0.25) is 0 Å². The molecule has 0 radical (unpaired) electrons. The van der Waals surface area contributed by atoms with Crippen molar-refractivity contribution < 1.29 is 54.8 Å². The van der Waals surface area contributed by atoms with E-state index < -0.39 is 61.4 Å². The first-order valence-corrected chi connectivity index (χ1v) is 9.20. The Kier molecular flexibility index (Phi) is 6.83. The molecule has 2 aromatic rings. The van der Waals surface area contributed by atoms with Crippen LogP contribution in [0, 0.1) is 0 Å². The molecule has 0 unspecified atom stereocenters. The van der Waals surface area contributed by atoms with Crippen LogP contribution in [0.25, 0.3) is 0 Å². The number of rotatable bonds is 6. The minimum absolute atomic E-state index is 0.00932. The molecular formula is C20H22O11. The van der Waals surface area contributed by atoms with Gasteiger partial charge in [0.2, 0.25) is 6.29 Å². The average Bonchev–Trinajstić information content (AvgIpc) is 2.75. The lowest BCUT2D eigenvalue weighted by atomic mass is 9.99. The Hall–Kier alpha value is -3.09. The van der Waals surface area contributed by atoms with Gasteiger partial charge in [-0.05, 0) is 30.3 Å². The Balaban J connectivity index is 1.76. The molecule has 2 aromatic carbocycles. The molecule has 7 N–H and O–H groups in total. The molecule has 1 heterocycles. The zero-order valence-electron chi connectivity index (χ0n) is 16.0. The van der Waals surface area contributed by atoms with E-state index >= 15 is 0 Å². The molecule has 31 heavy (non-hydrogen) atoms. The highest BCUT2D eigenvalue weighted by molar-refractivity contribution is 5.93. The highest BCUT2D eigenvalue weighted by atomic mass is 16.7. The largest absolute Gasteiger partial charge is 0.508 e. The number of hydrogen-bond acceptors (Lipinski definition) is 11. The van der Waals surface area contributed by atoms with Gasteiger partial charge in [-0.2, -0.15) is 0 Å². The van der Waals surface area contributed by atoms with Crippen molar-refractivity contribution in [1.82, 2.24) is 0 Å². The Morgan fingerprint density at radius 3 is 2.45 bits per heavy atom. The van der Waals surface area contributed by atoms with Gasteiger partial charge in [-0.25, -0.2) is 4.79 Å². The van der Waals surface area contributed by atoms with E-state index in [1.807, 2.05) is 0 Å². The summed E-state index contributed by atoms with van der Waals surface area (Å²) < 4.78 is 15.9. The summed E-state index contributed by atoms with van der Waals surface area (Å²) in [4.78, 5) is 12.2. The lowest BCUT2D eigenvalue weighted by Gasteiger charge is -2.39. The summed E-state index contributed by atoms with van der Waals surface area (Å²) >= 11 is 0. The van der Waals surface area contributed by atoms with Crippen molar-refractivity contribution in [3.8, 4) is 23.0 Å². The second-order valence-electron chi connectivity index (χ2n) is 6.86. The average molecular weight is 438 g/mol. The minimum atomic E-state index is -1.66. The highest BCUT2D eigenvalue weighted by Crippen LogP contribution is 2.31. The van der Waals surface area contributed by atoms with E-state index in [1.165, 1.54) is 36.4 Å². The van der Waals surface area contributed by atoms with Crippen LogP contribution in [0.15, 0.2) is 36.4 Å². The van der Waals surface area contributed by atoms with Crippen molar-refractivity contribution in [2.45, 2.75) is 37.3 Å². The van der Waals surface area contributed by atoms with Gasteiger partial charge in [0.15, 0.2) is 11.5 Å². The molecule has 5 atom stereocenters. The first kappa shape index (κ1) is 22.6. The normalized spacial score (nSPS) is 25.7. The molecule has 1 aliphatic heterocycles. The summed E-state index contributed by atoms with van der Waals surface area (Å²) in [6.45, 7) is -1.08. The number of aromatic hydroxyl groups is 3. The van der Waals surface area contributed by atoms with E-state index in [1.54, 1.807) is 0 Å². The van der Waals surface area contributed by atoms with E-state index in [9.17, 15) is 40.5 Å². The third-order valence-electron chi connectivity index (χ3n) is 4.73. The van der Waals surface area contributed by atoms with Gasteiger partial charge in [-0.15, -0.1) is 0 Å². The topological polar surface area (TPSA) is 186 Å².